The molecule has 96 valence electrons. The largest absolute Gasteiger partial charge is 0.480 e. The van der Waals surface area contributed by atoms with Gasteiger partial charge in [0.05, 0.1) is 17.4 Å². The van der Waals surface area contributed by atoms with E-state index in [0.717, 1.165) is 18.6 Å². The molecule has 0 saturated carbocycles. The highest BCUT2D eigenvalue weighted by Gasteiger charge is 2.38. The lowest BCUT2D eigenvalue weighted by Crippen LogP contribution is -2.21. The zero-order valence-electron chi connectivity index (χ0n) is 8.72. The third kappa shape index (κ3) is 1.88. The van der Waals surface area contributed by atoms with Gasteiger partial charge < -0.3 is 10.8 Å². The van der Waals surface area contributed by atoms with Crippen molar-refractivity contribution in [3.8, 4) is 0 Å². The summed E-state index contributed by atoms with van der Waals surface area (Å²) >= 11 is 0. The number of nitrogens with zero attached hydrogens (tertiary/aromatic N) is 3. The minimum atomic E-state index is -4.71. The fraction of sp³-hybridized carbons (Fsp3) is 0.222. The van der Waals surface area contributed by atoms with Gasteiger partial charge >= 0.3 is 12.1 Å². The van der Waals surface area contributed by atoms with Gasteiger partial charge in [-0.1, -0.05) is 0 Å². The second-order valence-corrected chi connectivity index (χ2v) is 3.47. The van der Waals surface area contributed by atoms with Gasteiger partial charge in [0.15, 0.2) is 0 Å². The average Bonchev–Trinajstić information content (AvgIpc) is 2.66. The standard InChI is InChI=1S/C9H7F3N4O2/c10-9(11,12)8-15-6(5(13)7(17)18)4-3-14-1-2-16(4)8/h1-3,5H,13H2,(H,17,18). The van der Waals surface area contributed by atoms with Gasteiger partial charge in [0.1, 0.15) is 6.04 Å². The van der Waals surface area contributed by atoms with Gasteiger partial charge in [0.2, 0.25) is 5.82 Å². The molecule has 2 aromatic rings. The second-order valence-electron chi connectivity index (χ2n) is 3.47. The number of carboxylic acid groups (broad SMARTS) is 1. The van der Waals surface area contributed by atoms with E-state index in [1.54, 1.807) is 0 Å². The van der Waals surface area contributed by atoms with Crippen LogP contribution in [0.15, 0.2) is 18.6 Å². The number of halogens is 3. The quantitative estimate of drug-likeness (QED) is 0.834. The molecule has 0 bridgehead atoms. The third-order valence-corrected chi connectivity index (χ3v) is 2.29. The van der Waals surface area contributed by atoms with Gasteiger partial charge in [0, 0.05) is 12.4 Å². The molecule has 0 aliphatic rings. The molecule has 0 aliphatic carbocycles. The summed E-state index contributed by atoms with van der Waals surface area (Å²) in [6.45, 7) is 0. The van der Waals surface area contributed by atoms with Crippen LogP contribution in [0.3, 0.4) is 0 Å². The first kappa shape index (κ1) is 12.3. The SMILES string of the molecule is NC(C(=O)O)c1nc(C(F)(F)F)n2ccncc12. The number of carboxylic acids is 1. The van der Waals surface area contributed by atoms with E-state index in [1.807, 2.05) is 0 Å². The first-order chi connectivity index (χ1) is 8.32. The molecule has 0 fully saturated rings. The molecule has 3 N–H and O–H groups in total. The molecule has 2 aromatic heterocycles. The van der Waals surface area contributed by atoms with E-state index >= 15 is 0 Å². The molecule has 1 atom stereocenters. The monoisotopic (exact) mass is 260 g/mol. The third-order valence-electron chi connectivity index (χ3n) is 2.29. The highest BCUT2D eigenvalue weighted by molar-refractivity contribution is 5.78. The molecule has 0 aromatic carbocycles. The van der Waals surface area contributed by atoms with Crippen molar-refractivity contribution in [1.82, 2.24) is 14.4 Å². The van der Waals surface area contributed by atoms with E-state index in [0.29, 0.717) is 4.40 Å². The van der Waals surface area contributed by atoms with Gasteiger partial charge in [-0.2, -0.15) is 13.2 Å². The molecule has 9 heteroatoms. The Morgan fingerprint density at radius 3 is 2.72 bits per heavy atom. The normalized spacial score (nSPS) is 13.8. The van der Waals surface area contributed by atoms with Crippen molar-refractivity contribution in [2.24, 2.45) is 5.73 Å². The van der Waals surface area contributed by atoms with E-state index in [1.165, 1.54) is 0 Å². The van der Waals surface area contributed by atoms with Crippen molar-refractivity contribution in [2.75, 3.05) is 0 Å². The highest BCUT2D eigenvalue weighted by atomic mass is 19.4. The number of aromatic nitrogens is 3. The maximum atomic E-state index is 12.7. The molecule has 18 heavy (non-hydrogen) atoms. The highest BCUT2D eigenvalue weighted by Crippen LogP contribution is 2.31. The number of aliphatic carboxylic acids is 1. The minimum absolute atomic E-state index is 0.0836. The van der Waals surface area contributed by atoms with Crippen molar-refractivity contribution >= 4 is 11.5 Å². The summed E-state index contributed by atoms with van der Waals surface area (Å²) in [6.07, 6.45) is -1.44. The second kappa shape index (κ2) is 3.95. The van der Waals surface area contributed by atoms with E-state index in [4.69, 9.17) is 10.8 Å². The Kier molecular flexibility index (Phi) is 2.70. The maximum Gasteiger partial charge on any atom is 0.450 e. The summed E-state index contributed by atoms with van der Waals surface area (Å²) in [4.78, 5) is 17.6. The molecule has 0 spiro atoms. The number of rotatable bonds is 2. The van der Waals surface area contributed by atoms with Crippen LogP contribution in [-0.4, -0.2) is 25.4 Å². The first-order valence-electron chi connectivity index (χ1n) is 4.70. The molecule has 0 saturated heterocycles. The molecule has 0 amide bonds. The van der Waals surface area contributed by atoms with Crippen molar-refractivity contribution in [1.29, 1.82) is 0 Å². The van der Waals surface area contributed by atoms with Gasteiger partial charge in [-0.3, -0.25) is 14.2 Å². The zero-order valence-corrected chi connectivity index (χ0v) is 8.72. The Balaban J connectivity index is 2.73. The summed E-state index contributed by atoms with van der Waals surface area (Å²) < 4.78 is 38.8. The Morgan fingerprint density at radius 1 is 1.50 bits per heavy atom. The van der Waals surface area contributed by atoms with Crippen LogP contribution in [0.4, 0.5) is 13.2 Å². The zero-order chi connectivity index (χ0) is 13.5. The Morgan fingerprint density at radius 2 is 2.17 bits per heavy atom. The Bertz CT molecular complexity index is 607. The molecular weight excluding hydrogens is 253 g/mol. The number of fused-ring (bicyclic) bond motifs is 1. The van der Waals surface area contributed by atoms with Crippen LogP contribution in [0.25, 0.3) is 5.52 Å². The molecule has 0 aliphatic heterocycles. The summed E-state index contributed by atoms with van der Waals surface area (Å²) in [5.74, 6) is -2.70. The topological polar surface area (TPSA) is 93.5 Å². The van der Waals surface area contributed by atoms with Gasteiger partial charge in [0.25, 0.3) is 0 Å². The summed E-state index contributed by atoms with van der Waals surface area (Å²) in [6, 6.07) is -1.64. The fourth-order valence-corrected chi connectivity index (χ4v) is 1.51. The first-order valence-corrected chi connectivity index (χ1v) is 4.70. The van der Waals surface area contributed by atoms with Gasteiger partial charge in [-0.05, 0) is 0 Å². The number of hydrogen-bond donors (Lipinski definition) is 2. The van der Waals surface area contributed by atoms with Crippen LogP contribution in [0.5, 0.6) is 0 Å². The lowest BCUT2D eigenvalue weighted by Gasteiger charge is -2.03. The Labute approximate surface area is 97.9 Å². The van der Waals surface area contributed by atoms with Gasteiger partial charge in [-0.15, -0.1) is 0 Å². The smallest absolute Gasteiger partial charge is 0.450 e. The predicted molar refractivity (Wildman–Crippen MR) is 52.6 cm³/mol. The number of alkyl halides is 3. The summed E-state index contributed by atoms with van der Waals surface area (Å²) in [5.41, 5.74) is 4.83. The molecule has 1 unspecified atom stereocenters. The molecule has 2 heterocycles. The lowest BCUT2D eigenvalue weighted by molar-refractivity contribution is -0.146. The number of carbonyl (C=O) groups is 1. The van der Waals surface area contributed by atoms with Gasteiger partial charge in [-0.25, -0.2) is 4.98 Å². The van der Waals surface area contributed by atoms with Crippen molar-refractivity contribution in [3.05, 3.63) is 30.1 Å². The van der Waals surface area contributed by atoms with E-state index < -0.39 is 24.0 Å². The Hall–Kier alpha value is -2.16. The predicted octanol–water partition coefficient (Wildman–Crippen LogP) is 0.833. The summed E-state index contributed by atoms with van der Waals surface area (Å²) in [5, 5.41) is 8.73. The van der Waals surface area contributed by atoms with Crippen LogP contribution in [0.2, 0.25) is 0 Å². The van der Waals surface area contributed by atoms with Crippen LogP contribution >= 0.6 is 0 Å². The van der Waals surface area contributed by atoms with Crippen LogP contribution in [0.1, 0.15) is 17.6 Å². The minimum Gasteiger partial charge on any atom is -0.480 e. The molecule has 0 radical (unpaired) electrons. The van der Waals surface area contributed by atoms with Crippen molar-refractivity contribution in [3.63, 3.8) is 0 Å². The van der Waals surface area contributed by atoms with Crippen molar-refractivity contribution in [2.45, 2.75) is 12.2 Å². The molecule has 6 nitrogen and oxygen atoms in total. The fourth-order valence-electron chi connectivity index (χ4n) is 1.51. The van der Waals surface area contributed by atoms with Crippen LogP contribution in [-0.2, 0) is 11.0 Å². The lowest BCUT2D eigenvalue weighted by atomic mass is 10.2. The number of imidazole rings is 1. The van der Waals surface area contributed by atoms with Crippen molar-refractivity contribution < 1.29 is 23.1 Å². The van der Waals surface area contributed by atoms with Crippen LogP contribution in [0, 0.1) is 0 Å². The average molecular weight is 260 g/mol. The molecule has 2 rings (SSSR count). The van der Waals surface area contributed by atoms with E-state index in [-0.39, 0.29) is 11.2 Å². The number of nitrogens with two attached hydrogens (primary N) is 1. The van der Waals surface area contributed by atoms with Crippen LogP contribution < -0.4 is 5.73 Å². The summed E-state index contributed by atoms with van der Waals surface area (Å²) in [7, 11) is 0. The number of hydrogen-bond acceptors (Lipinski definition) is 4. The van der Waals surface area contributed by atoms with E-state index in [2.05, 4.69) is 9.97 Å². The maximum absolute atomic E-state index is 12.7. The van der Waals surface area contributed by atoms with E-state index in [9.17, 15) is 18.0 Å². The molecular formula is C9H7F3N4O2.